The molecule has 23 heavy (non-hydrogen) atoms. The molecule has 0 saturated carbocycles. The SMILES string of the molecule is O=C(CCN1C(=O)CC2(CCSC2)C1=O)Nc1cccc(F)c1. The number of carbonyl (C=O) groups is 3. The van der Waals surface area contributed by atoms with Crippen molar-refractivity contribution in [1.29, 1.82) is 0 Å². The third-order valence-corrected chi connectivity index (χ3v) is 5.51. The molecule has 2 heterocycles. The number of nitrogens with one attached hydrogen (secondary N) is 1. The summed E-state index contributed by atoms with van der Waals surface area (Å²) in [6.45, 7) is 0.0746. The van der Waals surface area contributed by atoms with E-state index in [2.05, 4.69) is 5.32 Å². The van der Waals surface area contributed by atoms with Gasteiger partial charge in [0, 0.05) is 30.8 Å². The predicted molar refractivity (Wildman–Crippen MR) is 85.4 cm³/mol. The highest BCUT2D eigenvalue weighted by Gasteiger charge is 2.52. The second-order valence-corrected chi connectivity index (χ2v) is 7.02. The zero-order valence-corrected chi connectivity index (χ0v) is 13.3. The summed E-state index contributed by atoms with van der Waals surface area (Å²) in [5, 5.41) is 2.57. The van der Waals surface area contributed by atoms with Crippen LogP contribution in [0.25, 0.3) is 0 Å². The van der Waals surface area contributed by atoms with Crippen molar-refractivity contribution in [2.75, 3.05) is 23.4 Å². The number of carbonyl (C=O) groups excluding carboxylic acids is 3. The molecule has 2 aliphatic heterocycles. The number of amides is 3. The van der Waals surface area contributed by atoms with Gasteiger partial charge in [-0.2, -0.15) is 11.8 Å². The topological polar surface area (TPSA) is 66.5 Å². The number of rotatable bonds is 4. The van der Waals surface area contributed by atoms with E-state index >= 15 is 0 Å². The monoisotopic (exact) mass is 336 g/mol. The Morgan fingerprint density at radius 3 is 2.91 bits per heavy atom. The molecule has 1 spiro atoms. The van der Waals surface area contributed by atoms with Gasteiger partial charge in [-0.05, 0) is 30.4 Å². The number of halogens is 1. The van der Waals surface area contributed by atoms with Gasteiger partial charge in [0.2, 0.25) is 17.7 Å². The standard InChI is InChI=1S/C16H17FN2O3S/c17-11-2-1-3-12(8-11)18-13(20)4-6-19-14(21)9-16(15(19)22)5-7-23-10-16/h1-3,8H,4-7,9-10H2,(H,18,20). The fraction of sp³-hybridized carbons (Fsp3) is 0.438. The fourth-order valence-corrected chi connectivity index (χ4v) is 4.44. The van der Waals surface area contributed by atoms with Crippen molar-refractivity contribution in [2.24, 2.45) is 5.41 Å². The first kappa shape index (κ1) is 16.0. The average molecular weight is 336 g/mol. The van der Waals surface area contributed by atoms with Gasteiger partial charge < -0.3 is 5.32 Å². The van der Waals surface area contributed by atoms with E-state index in [1.807, 2.05) is 0 Å². The number of hydrogen-bond donors (Lipinski definition) is 1. The zero-order chi connectivity index (χ0) is 16.4. The zero-order valence-electron chi connectivity index (χ0n) is 12.5. The van der Waals surface area contributed by atoms with Gasteiger partial charge in [0.1, 0.15) is 5.82 Å². The Labute approximate surface area is 137 Å². The number of hydrogen-bond acceptors (Lipinski definition) is 4. The molecule has 5 nitrogen and oxygen atoms in total. The van der Waals surface area contributed by atoms with Crippen LogP contribution in [0.2, 0.25) is 0 Å². The van der Waals surface area contributed by atoms with Crippen molar-refractivity contribution >= 4 is 35.2 Å². The number of imide groups is 1. The van der Waals surface area contributed by atoms with Crippen LogP contribution in [0.3, 0.4) is 0 Å². The summed E-state index contributed by atoms with van der Waals surface area (Å²) < 4.78 is 13.1. The highest BCUT2D eigenvalue weighted by atomic mass is 32.2. The molecule has 0 aromatic heterocycles. The molecule has 1 atom stereocenters. The molecule has 3 amide bonds. The van der Waals surface area contributed by atoms with Crippen LogP contribution in [0.4, 0.5) is 10.1 Å². The largest absolute Gasteiger partial charge is 0.326 e. The molecule has 0 aliphatic carbocycles. The minimum Gasteiger partial charge on any atom is -0.326 e. The van der Waals surface area contributed by atoms with Crippen LogP contribution in [-0.2, 0) is 14.4 Å². The third kappa shape index (κ3) is 3.24. The molecule has 2 fully saturated rings. The van der Waals surface area contributed by atoms with Gasteiger partial charge in [-0.1, -0.05) is 6.07 Å². The Kier molecular flexibility index (Phi) is 4.39. The molecule has 122 valence electrons. The maximum atomic E-state index is 13.1. The van der Waals surface area contributed by atoms with E-state index in [1.165, 1.54) is 23.1 Å². The molecule has 2 aliphatic rings. The second kappa shape index (κ2) is 6.31. The van der Waals surface area contributed by atoms with Crippen LogP contribution in [-0.4, -0.2) is 40.7 Å². The van der Waals surface area contributed by atoms with E-state index in [4.69, 9.17) is 0 Å². The van der Waals surface area contributed by atoms with E-state index in [0.717, 1.165) is 12.2 Å². The Balaban J connectivity index is 1.56. The van der Waals surface area contributed by atoms with Crippen LogP contribution >= 0.6 is 11.8 Å². The maximum absolute atomic E-state index is 13.1. The molecule has 1 N–H and O–H groups in total. The minimum absolute atomic E-state index is 0.0111. The molecule has 0 radical (unpaired) electrons. The van der Waals surface area contributed by atoms with Crippen LogP contribution in [0.15, 0.2) is 24.3 Å². The summed E-state index contributed by atoms with van der Waals surface area (Å²) in [5.41, 5.74) is -0.182. The van der Waals surface area contributed by atoms with E-state index in [9.17, 15) is 18.8 Å². The number of likely N-dealkylation sites (tertiary alicyclic amines) is 1. The van der Waals surface area contributed by atoms with Crippen molar-refractivity contribution in [3.05, 3.63) is 30.1 Å². The Morgan fingerprint density at radius 2 is 2.22 bits per heavy atom. The number of anilines is 1. The van der Waals surface area contributed by atoms with E-state index < -0.39 is 11.2 Å². The smallest absolute Gasteiger partial charge is 0.236 e. The summed E-state index contributed by atoms with van der Waals surface area (Å²) in [6, 6.07) is 5.59. The average Bonchev–Trinajstić information content (AvgIpc) is 3.04. The lowest BCUT2D eigenvalue weighted by molar-refractivity contribution is -0.141. The number of benzene rings is 1. The van der Waals surface area contributed by atoms with Crippen molar-refractivity contribution < 1.29 is 18.8 Å². The van der Waals surface area contributed by atoms with E-state index in [-0.39, 0.29) is 37.1 Å². The fourth-order valence-electron chi connectivity index (χ4n) is 3.00. The highest BCUT2D eigenvalue weighted by Crippen LogP contribution is 2.44. The third-order valence-electron chi connectivity index (χ3n) is 4.26. The van der Waals surface area contributed by atoms with Crippen molar-refractivity contribution in [2.45, 2.75) is 19.3 Å². The summed E-state index contributed by atoms with van der Waals surface area (Å²) in [4.78, 5) is 37.7. The first-order valence-corrected chi connectivity index (χ1v) is 8.64. The molecular weight excluding hydrogens is 319 g/mol. The van der Waals surface area contributed by atoms with Crippen LogP contribution < -0.4 is 5.32 Å². The van der Waals surface area contributed by atoms with Gasteiger partial charge in [0.25, 0.3) is 0 Å². The number of thioether (sulfide) groups is 1. The van der Waals surface area contributed by atoms with Gasteiger partial charge in [0.15, 0.2) is 0 Å². The van der Waals surface area contributed by atoms with Gasteiger partial charge >= 0.3 is 0 Å². The lowest BCUT2D eigenvalue weighted by Crippen LogP contribution is -2.37. The molecule has 3 rings (SSSR count). The summed E-state index contributed by atoms with van der Waals surface area (Å²) in [5.74, 6) is 0.449. The second-order valence-electron chi connectivity index (χ2n) is 5.92. The Bertz CT molecular complexity index is 658. The quantitative estimate of drug-likeness (QED) is 0.855. The molecule has 2 saturated heterocycles. The van der Waals surface area contributed by atoms with Crippen molar-refractivity contribution in [3.8, 4) is 0 Å². The molecular formula is C16H17FN2O3S. The van der Waals surface area contributed by atoms with Crippen LogP contribution in [0, 0.1) is 11.2 Å². The van der Waals surface area contributed by atoms with Crippen molar-refractivity contribution in [1.82, 2.24) is 4.90 Å². The highest BCUT2D eigenvalue weighted by molar-refractivity contribution is 7.99. The first-order chi connectivity index (χ1) is 11.0. The Hall–Kier alpha value is -1.89. The van der Waals surface area contributed by atoms with E-state index in [1.54, 1.807) is 17.8 Å². The van der Waals surface area contributed by atoms with Gasteiger partial charge in [-0.3, -0.25) is 19.3 Å². The van der Waals surface area contributed by atoms with E-state index in [0.29, 0.717) is 11.4 Å². The van der Waals surface area contributed by atoms with Gasteiger partial charge in [-0.25, -0.2) is 4.39 Å². The molecule has 1 aromatic rings. The molecule has 0 bridgehead atoms. The summed E-state index contributed by atoms with van der Waals surface area (Å²) in [7, 11) is 0. The first-order valence-electron chi connectivity index (χ1n) is 7.48. The van der Waals surface area contributed by atoms with Gasteiger partial charge in [0.05, 0.1) is 5.41 Å². The van der Waals surface area contributed by atoms with Gasteiger partial charge in [-0.15, -0.1) is 0 Å². The van der Waals surface area contributed by atoms with Crippen LogP contribution in [0.5, 0.6) is 0 Å². The molecule has 7 heteroatoms. The maximum Gasteiger partial charge on any atom is 0.236 e. The van der Waals surface area contributed by atoms with Crippen molar-refractivity contribution in [3.63, 3.8) is 0 Å². The number of nitrogens with zero attached hydrogens (tertiary/aromatic N) is 1. The molecule has 1 unspecified atom stereocenters. The molecule has 1 aromatic carbocycles. The normalized spacial score (nSPS) is 23.8. The predicted octanol–water partition coefficient (Wildman–Crippen LogP) is 2.04. The lowest BCUT2D eigenvalue weighted by Gasteiger charge is -2.20. The lowest BCUT2D eigenvalue weighted by atomic mass is 9.86. The minimum atomic E-state index is -0.541. The summed E-state index contributed by atoms with van der Waals surface area (Å²) >= 11 is 1.69. The van der Waals surface area contributed by atoms with Crippen LogP contribution in [0.1, 0.15) is 19.3 Å². The Morgan fingerprint density at radius 1 is 1.39 bits per heavy atom. The summed E-state index contributed by atoms with van der Waals surface area (Å²) in [6.07, 6.45) is 0.996.